The number of hydrogen-bond donors (Lipinski definition) is 3. The first-order valence-electron chi connectivity index (χ1n) is 8.67. The predicted molar refractivity (Wildman–Crippen MR) is 97.5 cm³/mol. The first-order valence-corrected chi connectivity index (χ1v) is 8.67. The molecule has 2 aromatic carbocycles. The van der Waals surface area contributed by atoms with E-state index in [1.54, 1.807) is 6.92 Å². The largest absolute Gasteiger partial charge is 0.437 e. The van der Waals surface area contributed by atoms with Gasteiger partial charge >= 0.3 is 12.2 Å². The number of aryl methyl sites for hydroxylation is 1. The fourth-order valence-electron chi connectivity index (χ4n) is 3.35. The van der Waals surface area contributed by atoms with E-state index in [0.717, 1.165) is 17.7 Å². The molecule has 3 atom stereocenters. The van der Waals surface area contributed by atoms with E-state index in [1.165, 1.54) is 41.7 Å². The quantitative estimate of drug-likeness (QED) is 0.397. The van der Waals surface area contributed by atoms with Crippen molar-refractivity contribution in [3.8, 4) is 0 Å². The van der Waals surface area contributed by atoms with Crippen molar-refractivity contribution in [1.82, 2.24) is 10.6 Å². The third-order valence-corrected chi connectivity index (χ3v) is 4.86. The lowest BCUT2D eigenvalue weighted by atomic mass is 9.77. The summed E-state index contributed by atoms with van der Waals surface area (Å²) >= 11 is 0. The minimum Gasteiger partial charge on any atom is -0.363 e. The maximum Gasteiger partial charge on any atom is 0.437 e. The molecule has 8 nitrogen and oxygen atoms in total. The van der Waals surface area contributed by atoms with Crippen LogP contribution in [0.1, 0.15) is 27.5 Å². The summed E-state index contributed by atoms with van der Waals surface area (Å²) in [4.78, 5) is 35.3. The summed E-state index contributed by atoms with van der Waals surface area (Å²) in [5, 5.41) is 25.1. The summed E-state index contributed by atoms with van der Waals surface area (Å²) in [5.41, 5.74) is -3.85. The zero-order valence-electron chi connectivity index (χ0n) is 15.4. The van der Waals surface area contributed by atoms with E-state index in [4.69, 9.17) is 0 Å². The fraction of sp³-hybridized carbons (Fsp3) is 0.263. The van der Waals surface area contributed by atoms with Gasteiger partial charge in [-0.05, 0) is 12.5 Å². The topological polar surface area (TPSA) is 122 Å². The number of ketones is 1. The number of nitrogens with one attached hydrogen (secondary N) is 2. The van der Waals surface area contributed by atoms with Crippen LogP contribution in [-0.2, 0) is 0 Å². The normalized spacial score (nSPS) is 24.0. The molecule has 3 N–H and O–H groups in total. The third-order valence-electron chi connectivity index (χ3n) is 4.86. The van der Waals surface area contributed by atoms with E-state index >= 15 is 0 Å². The Morgan fingerprint density at radius 3 is 2.40 bits per heavy atom. The molecule has 0 unspecified atom stereocenters. The Labute approximate surface area is 167 Å². The molecule has 2 amide bonds. The number of nitro benzene ring substituents is 1. The molecule has 11 heteroatoms. The van der Waals surface area contributed by atoms with Crippen molar-refractivity contribution in [2.75, 3.05) is 0 Å². The number of nitrogens with zero attached hydrogens (tertiary/aromatic N) is 1. The molecule has 0 bridgehead atoms. The van der Waals surface area contributed by atoms with Crippen LogP contribution in [0.2, 0.25) is 0 Å². The molecule has 0 saturated carbocycles. The molecule has 30 heavy (non-hydrogen) atoms. The number of non-ortho nitro benzene ring substituents is 1. The maximum atomic E-state index is 13.8. The number of alkyl halides is 3. The molecule has 0 spiro atoms. The predicted octanol–water partition coefficient (Wildman–Crippen LogP) is 3.01. The van der Waals surface area contributed by atoms with Crippen molar-refractivity contribution in [1.29, 1.82) is 0 Å². The van der Waals surface area contributed by atoms with Gasteiger partial charge in [-0.3, -0.25) is 14.9 Å². The second kappa shape index (κ2) is 7.41. The van der Waals surface area contributed by atoms with Gasteiger partial charge in [0, 0.05) is 17.7 Å². The minimum absolute atomic E-state index is 0.123. The summed E-state index contributed by atoms with van der Waals surface area (Å²) in [5.74, 6) is -3.35. The molecule has 1 aliphatic rings. The van der Waals surface area contributed by atoms with Crippen molar-refractivity contribution in [3.63, 3.8) is 0 Å². The maximum absolute atomic E-state index is 13.8. The molecule has 0 aliphatic carbocycles. The standard InChI is InChI=1S/C19H16F3N3O5/c1-10-5-7-11(8-6-10)16(26)14-15(12-3-2-4-13(9-12)25(29)30)23-17(27)24-18(14,28)19(20,21)22/h2-9,14-15,28H,1H3,(H2,23,24,27)/t14-,15-,18+/m1/s1. The second-order valence-corrected chi connectivity index (χ2v) is 6.90. The number of aliphatic hydroxyl groups is 1. The highest BCUT2D eigenvalue weighted by molar-refractivity contribution is 6.00. The van der Waals surface area contributed by atoms with E-state index < -0.39 is 46.3 Å². The van der Waals surface area contributed by atoms with Crippen molar-refractivity contribution < 1.29 is 32.8 Å². The number of carbonyl (C=O) groups excluding carboxylic acids is 2. The van der Waals surface area contributed by atoms with Gasteiger partial charge in [-0.15, -0.1) is 0 Å². The van der Waals surface area contributed by atoms with Crippen molar-refractivity contribution in [3.05, 3.63) is 75.3 Å². The first-order chi connectivity index (χ1) is 13.9. The fourth-order valence-corrected chi connectivity index (χ4v) is 3.35. The van der Waals surface area contributed by atoms with Gasteiger partial charge in [-0.1, -0.05) is 42.0 Å². The summed E-state index contributed by atoms with van der Waals surface area (Å²) in [6.45, 7) is 1.72. The second-order valence-electron chi connectivity index (χ2n) is 6.90. The van der Waals surface area contributed by atoms with E-state index in [9.17, 15) is 38.0 Å². The van der Waals surface area contributed by atoms with Crippen LogP contribution in [0.15, 0.2) is 48.5 Å². The van der Waals surface area contributed by atoms with Crippen molar-refractivity contribution >= 4 is 17.5 Å². The van der Waals surface area contributed by atoms with Crippen LogP contribution < -0.4 is 10.6 Å². The van der Waals surface area contributed by atoms with E-state index in [1.807, 2.05) is 0 Å². The van der Waals surface area contributed by atoms with Crippen molar-refractivity contribution in [2.24, 2.45) is 5.92 Å². The van der Waals surface area contributed by atoms with Crippen LogP contribution in [-0.4, -0.2) is 33.7 Å². The molecule has 0 radical (unpaired) electrons. The Morgan fingerprint density at radius 1 is 1.20 bits per heavy atom. The number of amides is 2. The molecule has 3 rings (SSSR count). The number of urea groups is 1. The highest BCUT2D eigenvalue weighted by atomic mass is 19.4. The Bertz CT molecular complexity index is 1010. The van der Waals surface area contributed by atoms with Gasteiger partial charge in [0.1, 0.15) is 5.92 Å². The minimum atomic E-state index is -5.41. The lowest BCUT2D eigenvalue weighted by Crippen LogP contribution is -2.72. The number of carbonyl (C=O) groups is 2. The average molecular weight is 423 g/mol. The molecule has 1 saturated heterocycles. The molecule has 1 aliphatic heterocycles. The number of benzene rings is 2. The van der Waals surface area contributed by atoms with E-state index in [0.29, 0.717) is 0 Å². The Kier molecular flexibility index (Phi) is 5.25. The van der Waals surface area contributed by atoms with Gasteiger partial charge in [0.05, 0.1) is 11.0 Å². The lowest BCUT2D eigenvalue weighted by Gasteiger charge is -2.45. The van der Waals surface area contributed by atoms with Crippen LogP contribution in [0.4, 0.5) is 23.7 Å². The lowest BCUT2D eigenvalue weighted by molar-refractivity contribution is -0.385. The van der Waals surface area contributed by atoms with Crippen LogP contribution in [0, 0.1) is 23.0 Å². The summed E-state index contributed by atoms with van der Waals surface area (Å²) < 4.78 is 41.5. The summed E-state index contributed by atoms with van der Waals surface area (Å²) in [6, 6.07) is 7.07. The van der Waals surface area contributed by atoms with Crippen LogP contribution in [0.5, 0.6) is 0 Å². The smallest absolute Gasteiger partial charge is 0.363 e. The monoisotopic (exact) mass is 423 g/mol. The Morgan fingerprint density at radius 2 is 1.83 bits per heavy atom. The van der Waals surface area contributed by atoms with Gasteiger partial charge in [-0.2, -0.15) is 13.2 Å². The van der Waals surface area contributed by atoms with Crippen LogP contribution >= 0.6 is 0 Å². The zero-order valence-corrected chi connectivity index (χ0v) is 15.4. The highest BCUT2D eigenvalue weighted by Crippen LogP contribution is 2.44. The van der Waals surface area contributed by atoms with Gasteiger partial charge in [0.15, 0.2) is 5.78 Å². The van der Waals surface area contributed by atoms with Crippen molar-refractivity contribution in [2.45, 2.75) is 24.9 Å². The number of halogens is 3. The highest BCUT2D eigenvalue weighted by Gasteiger charge is 2.66. The molecule has 1 fully saturated rings. The van der Waals surface area contributed by atoms with Gasteiger partial charge < -0.3 is 15.7 Å². The number of hydrogen-bond acceptors (Lipinski definition) is 5. The average Bonchev–Trinajstić information content (AvgIpc) is 2.66. The third kappa shape index (κ3) is 3.71. The van der Waals surface area contributed by atoms with Gasteiger partial charge in [0.25, 0.3) is 5.69 Å². The first kappa shape index (κ1) is 21.2. The molecular weight excluding hydrogens is 407 g/mol. The number of nitro groups is 1. The Hall–Kier alpha value is -3.47. The molecule has 158 valence electrons. The zero-order chi connectivity index (χ0) is 22.3. The molecule has 1 heterocycles. The van der Waals surface area contributed by atoms with E-state index in [2.05, 4.69) is 5.32 Å². The van der Waals surface area contributed by atoms with Gasteiger partial charge in [0.2, 0.25) is 5.72 Å². The molecule has 0 aromatic heterocycles. The van der Waals surface area contributed by atoms with E-state index in [-0.39, 0.29) is 11.1 Å². The molecule has 2 aromatic rings. The van der Waals surface area contributed by atoms with Gasteiger partial charge in [-0.25, -0.2) is 4.79 Å². The summed E-state index contributed by atoms with van der Waals surface area (Å²) in [6.07, 6.45) is -5.41. The number of rotatable bonds is 4. The number of Topliss-reactive ketones (excluding diaryl/α,β-unsaturated/α-hetero) is 1. The summed E-state index contributed by atoms with van der Waals surface area (Å²) in [7, 11) is 0. The SMILES string of the molecule is Cc1ccc(C(=O)[C@H]2[C@@H](c3cccc([N+](=O)[O-])c3)NC(=O)N[C@@]2(O)C(F)(F)F)cc1. The Balaban J connectivity index is 2.18. The molecular formula is C19H16F3N3O5. The van der Waals surface area contributed by atoms with Crippen LogP contribution in [0.3, 0.4) is 0 Å². The van der Waals surface area contributed by atoms with Crippen LogP contribution in [0.25, 0.3) is 0 Å².